The molecule has 9 heteroatoms. The number of carbonyl (C=O) groups excluding carboxylic acids is 2. The summed E-state index contributed by atoms with van der Waals surface area (Å²) >= 11 is 0. The van der Waals surface area contributed by atoms with Gasteiger partial charge in [-0.1, -0.05) is 17.3 Å². The van der Waals surface area contributed by atoms with Crippen molar-refractivity contribution in [3.05, 3.63) is 65.2 Å². The van der Waals surface area contributed by atoms with Crippen LogP contribution in [0.2, 0.25) is 0 Å². The van der Waals surface area contributed by atoms with Gasteiger partial charge in [0.05, 0.1) is 24.0 Å². The molecule has 9 nitrogen and oxygen atoms in total. The third-order valence-corrected chi connectivity index (χ3v) is 6.00. The molecule has 0 unspecified atom stereocenters. The summed E-state index contributed by atoms with van der Waals surface area (Å²) in [7, 11) is 1.57. The third-order valence-electron chi connectivity index (χ3n) is 6.00. The maximum atomic E-state index is 12.6. The molecule has 0 spiro atoms. The van der Waals surface area contributed by atoms with E-state index >= 15 is 0 Å². The average Bonchev–Trinajstić information content (AvgIpc) is 3.55. The van der Waals surface area contributed by atoms with Gasteiger partial charge < -0.3 is 10.2 Å². The second-order valence-electron chi connectivity index (χ2n) is 8.68. The molecule has 34 heavy (non-hydrogen) atoms. The van der Waals surface area contributed by atoms with Gasteiger partial charge in [-0.25, -0.2) is 0 Å². The molecule has 3 heterocycles. The maximum absolute atomic E-state index is 12.6. The molecule has 1 saturated heterocycles. The minimum absolute atomic E-state index is 0.143. The molecule has 0 bridgehead atoms. The van der Waals surface area contributed by atoms with E-state index in [-0.39, 0.29) is 11.7 Å². The third kappa shape index (κ3) is 6.46. The molecule has 0 atom stereocenters. The molecule has 4 rings (SSSR count). The molecule has 0 aliphatic carbocycles. The number of Topliss-reactive ketones (excluding diaryl/α,β-unsaturated/α-hetero) is 1. The lowest BCUT2D eigenvalue weighted by atomic mass is 10.0. The zero-order chi connectivity index (χ0) is 23.8. The van der Waals surface area contributed by atoms with E-state index in [1.54, 1.807) is 17.9 Å². The average molecular weight is 462 g/mol. The summed E-state index contributed by atoms with van der Waals surface area (Å²) in [5.41, 5.74) is 4.18. The van der Waals surface area contributed by atoms with Gasteiger partial charge in [0.15, 0.2) is 5.69 Å². The molecule has 0 radical (unpaired) electrons. The Kier molecular flexibility index (Phi) is 7.95. The van der Waals surface area contributed by atoms with E-state index in [0.717, 1.165) is 43.6 Å². The van der Waals surface area contributed by atoms with E-state index in [1.165, 1.54) is 18.5 Å². The first kappa shape index (κ1) is 23.5. The monoisotopic (exact) mass is 461 g/mol. The Balaban J connectivity index is 1.20. The molecule has 1 N–H and O–H groups in total. The summed E-state index contributed by atoms with van der Waals surface area (Å²) in [4.78, 5) is 26.5. The molecule has 1 fully saturated rings. The van der Waals surface area contributed by atoms with Crippen molar-refractivity contribution in [2.45, 2.75) is 51.5 Å². The van der Waals surface area contributed by atoms with Gasteiger partial charge in [-0.05, 0) is 61.9 Å². The molecule has 1 aromatic carbocycles. The van der Waals surface area contributed by atoms with Crippen molar-refractivity contribution in [2.24, 2.45) is 0 Å². The van der Waals surface area contributed by atoms with E-state index in [4.69, 9.17) is 0 Å². The van der Waals surface area contributed by atoms with Crippen molar-refractivity contribution in [1.29, 1.82) is 0 Å². The zero-order valence-corrected chi connectivity index (χ0v) is 19.6. The summed E-state index contributed by atoms with van der Waals surface area (Å²) < 4.78 is 1.67. The predicted molar refractivity (Wildman–Crippen MR) is 129 cm³/mol. The number of aryl methyl sites for hydroxylation is 2. The number of nitrogens with one attached hydrogen (secondary N) is 1. The van der Waals surface area contributed by atoms with Gasteiger partial charge in [-0.3, -0.25) is 14.3 Å². The van der Waals surface area contributed by atoms with E-state index in [0.29, 0.717) is 30.8 Å². The van der Waals surface area contributed by atoms with Crippen LogP contribution in [0.25, 0.3) is 0 Å². The van der Waals surface area contributed by atoms with Gasteiger partial charge in [-0.2, -0.15) is 10.2 Å². The summed E-state index contributed by atoms with van der Waals surface area (Å²) in [5.74, 6) is -0.0970. The fraction of sp³-hybridized carbons (Fsp3) is 0.440. The number of carbonyl (C=O) groups is 2. The van der Waals surface area contributed by atoms with Gasteiger partial charge in [0.25, 0.3) is 5.91 Å². The highest BCUT2D eigenvalue weighted by Crippen LogP contribution is 2.21. The quantitative estimate of drug-likeness (QED) is 0.437. The van der Waals surface area contributed by atoms with E-state index in [2.05, 4.69) is 42.9 Å². The van der Waals surface area contributed by atoms with E-state index in [1.807, 2.05) is 24.3 Å². The predicted octanol–water partition coefficient (Wildman–Crippen LogP) is 2.41. The molecule has 1 aliphatic rings. The number of rotatable bonds is 11. The van der Waals surface area contributed by atoms with Crippen LogP contribution < -0.4 is 10.2 Å². The van der Waals surface area contributed by atoms with Crippen molar-refractivity contribution in [3.8, 4) is 0 Å². The van der Waals surface area contributed by atoms with Crippen LogP contribution >= 0.6 is 0 Å². The fourth-order valence-corrected chi connectivity index (χ4v) is 4.17. The van der Waals surface area contributed by atoms with Gasteiger partial charge >= 0.3 is 0 Å². The highest BCUT2D eigenvalue weighted by Gasteiger charge is 2.14. The minimum Gasteiger partial charge on any atom is -0.372 e. The van der Waals surface area contributed by atoms with Crippen LogP contribution in [-0.2, 0) is 30.6 Å². The first-order valence-electron chi connectivity index (χ1n) is 11.9. The molecule has 2 aromatic heterocycles. The number of aromatic nitrogens is 5. The summed E-state index contributed by atoms with van der Waals surface area (Å²) in [6.45, 7) is 2.87. The SMILES string of the molecule is CNC(=O)c1cn(CCCCc2ccc(CC(=O)Cc3cccc(N4CCCC4)c3)nn2)nn1. The highest BCUT2D eigenvalue weighted by molar-refractivity contribution is 5.91. The number of benzene rings is 1. The van der Waals surface area contributed by atoms with Crippen LogP contribution in [0, 0.1) is 0 Å². The van der Waals surface area contributed by atoms with Crippen LogP contribution in [0.3, 0.4) is 0 Å². The first-order valence-corrected chi connectivity index (χ1v) is 11.9. The Morgan fingerprint density at radius 3 is 2.53 bits per heavy atom. The van der Waals surface area contributed by atoms with E-state index in [9.17, 15) is 9.59 Å². The molecule has 3 aromatic rings. The molecular weight excluding hydrogens is 430 g/mol. The number of amides is 1. The second kappa shape index (κ2) is 11.5. The first-order chi connectivity index (χ1) is 16.6. The summed E-state index contributed by atoms with van der Waals surface area (Å²) in [6, 6.07) is 12.2. The number of anilines is 1. The molecule has 178 valence electrons. The molecule has 1 amide bonds. The van der Waals surface area contributed by atoms with Crippen molar-refractivity contribution in [2.75, 3.05) is 25.0 Å². The minimum atomic E-state index is -0.240. The maximum Gasteiger partial charge on any atom is 0.273 e. The lowest BCUT2D eigenvalue weighted by Crippen LogP contribution is -2.18. The zero-order valence-electron chi connectivity index (χ0n) is 19.6. The van der Waals surface area contributed by atoms with Crippen LogP contribution in [0.5, 0.6) is 0 Å². The van der Waals surface area contributed by atoms with Gasteiger partial charge in [0.2, 0.25) is 0 Å². The van der Waals surface area contributed by atoms with Crippen LogP contribution in [-0.4, -0.2) is 57.0 Å². The number of hydrogen-bond acceptors (Lipinski definition) is 7. The van der Waals surface area contributed by atoms with Crippen LogP contribution in [0.1, 0.15) is 53.1 Å². The van der Waals surface area contributed by atoms with Crippen LogP contribution in [0.15, 0.2) is 42.6 Å². The molecule has 1 aliphatic heterocycles. The number of nitrogens with zero attached hydrogens (tertiary/aromatic N) is 6. The molecular formula is C25H31N7O2. The Labute approximate surface area is 199 Å². The Bertz CT molecular complexity index is 1100. The van der Waals surface area contributed by atoms with Crippen LogP contribution in [0.4, 0.5) is 5.69 Å². The van der Waals surface area contributed by atoms with Crippen molar-refractivity contribution >= 4 is 17.4 Å². The van der Waals surface area contributed by atoms with Gasteiger partial charge in [0.1, 0.15) is 5.78 Å². The lowest BCUT2D eigenvalue weighted by Gasteiger charge is -2.18. The van der Waals surface area contributed by atoms with Crippen molar-refractivity contribution in [3.63, 3.8) is 0 Å². The van der Waals surface area contributed by atoms with Gasteiger partial charge in [-0.15, -0.1) is 5.10 Å². The molecule has 0 saturated carbocycles. The van der Waals surface area contributed by atoms with Crippen molar-refractivity contribution in [1.82, 2.24) is 30.5 Å². The topological polar surface area (TPSA) is 106 Å². The standard InChI is InChI=1S/C25H31N7O2/c1-26-25(34)24-18-32(30-29-24)14-3-2-8-20-10-11-21(28-27-20)17-23(33)16-19-7-6-9-22(15-19)31-12-4-5-13-31/h6-7,9-11,15,18H,2-5,8,12-14,16-17H2,1H3,(H,26,34). The number of ketones is 1. The summed E-state index contributed by atoms with van der Waals surface area (Å²) in [5, 5.41) is 18.9. The number of unbranched alkanes of at least 4 members (excludes halogenated alkanes) is 1. The smallest absolute Gasteiger partial charge is 0.273 e. The normalized spacial score (nSPS) is 13.3. The summed E-state index contributed by atoms with van der Waals surface area (Å²) in [6.07, 6.45) is 7.41. The Morgan fingerprint density at radius 1 is 0.971 bits per heavy atom. The largest absolute Gasteiger partial charge is 0.372 e. The second-order valence-corrected chi connectivity index (χ2v) is 8.68. The van der Waals surface area contributed by atoms with E-state index < -0.39 is 0 Å². The Hall–Kier alpha value is -3.62. The highest BCUT2D eigenvalue weighted by atomic mass is 16.2. The fourth-order valence-electron chi connectivity index (χ4n) is 4.17. The van der Waals surface area contributed by atoms with Crippen molar-refractivity contribution < 1.29 is 9.59 Å². The Morgan fingerprint density at radius 2 is 1.76 bits per heavy atom. The number of hydrogen-bond donors (Lipinski definition) is 1. The lowest BCUT2D eigenvalue weighted by molar-refractivity contribution is -0.117. The van der Waals surface area contributed by atoms with Gasteiger partial charge in [0, 0.05) is 38.8 Å².